The Morgan fingerprint density at radius 1 is 1.08 bits per heavy atom. The first-order valence-electron chi connectivity index (χ1n) is 12.8. The summed E-state index contributed by atoms with van der Waals surface area (Å²) in [6, 6.07) is 11.9. The number of amides is 3. The Morgan fingerprint density at radius 3 is 2.39 bits per heavy atom. The maximum Gasteiger partial charge on any atom is 0.239 e. The van der Waals surface area contributed by atoms with Gasteiger partial charge < -0.3 is 26.0 Å². The zero-order chi connectivity index (χ0) is 27.9. The third-order valence-electron chi connectivity index (χ3n) is 5.83. The average molecular weight is 549 g/mol. The molecular weight excluding hydrogens is 511 g/mol. The van der Waals surface area contributed by atoms with Gasteiger partial charge in [0.2, 0.25) is 17.7 Å². The number of likely N-dealkylation sites (N-methyl/N-ethyl adjacent to an activating group) is 1. The molecule has 0 radical (unpaired) electrons. The van der Waals surface area contributed by atoms with Gasteiger partial charge in [0.05, 0.1) is 12.6 Å². The molecule has 0 bridgehead atoms. The van der Waals surface area contributed by atoms with E-state index in [4.69, 9.17) is 16.3 Å². The molecule has 8 nitrogen and oxygen atoms in total. The van der Waals surface area contributed by atoms with Gasteiger partial charge in [-0.2, -0.15) is 0 Å². The lowest BCUT2D eigenvalue weighted by atomic mass is 10.1. The number of hydrogen-bond donors (Lipinski definition) is 4. The highest BCUT2D eigenvalue weighted by Gasteiger charge is 2.35. The van der Waals surface area contributed by atoms with Crippen LogP contribution in [0.4, 0.5) is 4.39 Å². The Hall–Kier alpha value is -3.17. The lowest BCUT2D eigenvalue weighted by molar-refractivity contribution is -0.125. The van der Waals surface area contributed by atoms with Crippen LogP contribution in [0.5, 0.6) is 5.75 Å². The number of halogens is 2. The first kappa shape index (κ1) is 31.1. The predicted octanol–water partition coefficient (Wildman–Crippen LogP) is 3.15. The molecule has 3 rings (SSSR count). The van der Waals surface area contributed by atoms with E-state index in [-0.39, 0.29) is 36.1 Å². The standard InChI is InChI=1S/C21H31FN4O4.C7H7Cl/c1-14(27)26-13-19(28)24-9-3-4-15-7-8-17(22)12-18(15)30-11-10-25-20(16-5-6-16)21(29)23-2;1-6-2-4-7(8)5-3-6/h7-8,12,16,20,25H,3-6,9-11,13H2,1-2H3,(H,23,29)(H,24,28)(H,26,27);2-5H,1H3. The Balaban J connectivity index is 0.000000538. The number of nitrogens with one attached hydrogen (secondary N) is 4. The van der Waals surface area contributed by atoms with Gasteiger partial charge in [0, 0.05) is 38.1 Å². The Labute approximate surface area is 229 Å². The Morgan fingerprint density at radius 2 is 1.79 bits per heavy atom. The van der Waals surface area contributed by atoms with Crippen LogP contribution in [0.25, 0.3) is 0 Å². The summed E-state index contributed by atoms with van der Waals surface area (Å²) in [6.45, 7) is 4.56. The molecule has 1 atom stereocenters. The summed E-state index contributed by atoms with van der Waals surface area (Å²) in [5.74, 6) is -0.0874. The summed E-state index contributed by atoms with van der Waals surface area (Å²) in [5, 5.41) is 11.8. The molecule has 1 saturated carbocycles. The topological polar surface area (TPSA) is 109 Å². The van der Waals surface area contributed by atoms with Gasteiger partial charge in [0.15, 0.2) is 0 Å². The van der Waals surface area contributed by atoms with Gasteiger partial charge in [0.25, 0.3) is 0 Å². The SMILES string of the molecule is CNC(=O)C(NCCOc1cc(F)ccc1CCCNC(=O)CNC(C)=O)C1CC1.Cc1ccc(Cl)cc1. The van der Waals surface area contributed by atoms with Crippen molar-refractivity contribution in [1.82, 2.24) is 21.3 Å². The van der Waals surface area contributed by atoms with E-state index in [0.29, 0.717) is 44.2 Å². The highest BCUT2D eigenvalue weighted by atomic mass is 35.5. The van der Waals surface area contributed by atoms with Crippen LogP contribution in [0.2, 0.25) is 5.02 Å². The van der Waals surface area contributed by atoms with Crippen LogP contribution in [-0.2, 0) is 20.8 Å². The quantitative estimate of drug-likeness (QED) is 0.288. The fourth-order valence-corrected chi connectivity index (χ4v) is 3.74. The number of benzene rings is 2. The maximum atomic E-state index is 13.7. The van der Waals surface area contributed by atoms with E-state index in [1.165, 1.54) is 24.6 Å². The van der Waals surface area contributed by atoms with Crippen LogP contribution in [0.1, 0.15) is 37.3 Å². The van der Waals surface area contributed by atoms with Crippen molar-refractivity contribution in [3.8, 4) is 5.75 Å². The van der Waals surface area contributed by atoms with Gasteiger partial charge in [0.1, 0.15) is 18.2 Å². The van der Waals surface area contributed by atoms with E-state index < -0.39 is 0 Å². The van der Waals surface area contributed by atoms with Crippen molar-refractivity contribution in [2.24, 2.45) is 5.92 Å². The normalized spacial score (nSPS) is 13.0. The molecular formula is C28H38ClFN4O4. The van der Waals surface area contributed by atoms with Crippen LogP contribution in [-0.4, -0.2) is 57.1 Å². The first-order valence-corrected chi connectivity index (χ1v) is 13.2. The number of hydrogen-bond acceptors (Lipinski definition) is 5. The van der Waals surface area contributed by atoms with Crippen molar-refractivity contribution in [3.05, 3.63) is 64.4 Å². The molecule has 2 aromatic rings. The third-order valence-corrected chi connectivity index (χ3v) is 6.08. The second-order valence-corrected chi connectivity index (χ2v) is 9.58. The van der Waals surface area contributed by atoms with Crippen molar-refractivity contribution in [3.63, 3.8) is 0 Å². The molecule has 1 fully saturated rings. The highest BCUT2D eigenvalue weighted by Crippen LogP contribution is 2.32. The van der Waals surface area contributed by atoms with Crippen LogP contribution in [0.3, 0.4) is 0 Å². The number of ether oxygens (including phenoxy) is 1. The summed E-state index contributed by atoms with van der Waals surface area (Å²) >= 11 is 5.61. The minimum Gasteiger partial charge on any atom is -0.492 e. The van der Waals surface area contributed by atoms with Gasteiger partial charge in [-0.25, -0.2) is 4.39 Å². The summed E-state index contributed by atoms with van der Waals surface area (Å²) < 4.78 is 19.4. The van der Waals surface area contributed by atoms with Crippen molar-refractivity contribution in [2.45, 2.75) is 45.6 Å². The van der Waals surface area contributed by atoms with E-state index in [2.05, 4.69) is 21.3 Å². The van der Waals surface area contributed by atoms with E-state index in [1.54, 1.807) is 13.1 Å². The average Bonchev–Trinajstić information content (AvgIpc) is 3.73. The molecule has 38 heavy (non-hydrogen) atoms. The zero-order valence-corrected chi connectivity index (χ0v) is 23.0. The van der Waals surface area contributed by atoms with E-state index >= 15 is 0 Å². The molecule has 0 saturated heterocycles. The fraction of sp³-hybridized carbons (Fsp3) is 0.464. The van der Waals surface area contributed by atoms with Crippen molar-refractivity contribution in [2.75, 3.05) is 33.3 Å². The molecule has 1 aliphatic carbocycles. The molecule has 1 unspecified atom stereocenters. The molecule has 0 spiro atoms. The van der Waals surface area contributed by atoms with Crippen molar-refractivity contribution < 1.29 is 23.5 Å². The highest BCUT2D eigenvalue weighted by molar-refractivity contribution is 6.30. The zero-order valence-electron chi connectivity index (χ0n) is 22.2. The summed E-state index contributed by atoms with van der Waals surface area (Å²) in [7, 11) is 1.62. The molecule has 3 amide bonds. The largest absolute Gasteiger partial charge is 0.492 e. The molecule has 10 heteroatoms. The number of carbonyl (C=O) groups excluding carboxylic acids is 3. The van der Waals surface area contributed by atoms with Gasteiger partial charge in [-0.05, 0) is 62.3 Å². The monoisotopic (exact) mass is 548 g/mol. The molecule has 0 aliphatic heterocycles. The van der Waals surface area contributed by atoms with Gasteiger partial charge in [-0.1, -0.05) is 35.4 Å². The minimum absolute atomic E-state index is 0.0236. The van der Waals surface area contributed by atoms with E-state index in [9.17, 15) is 18.8 Å². The first-order chi connectivity index (χ1) is 18.2. The molecule has 4 N–H and O–H groups in total. The minimum atomic E-state index is -0.383. The summed E-state index contributed by atoms with van der Waals surface area (Å²) in [6.07, 6.45) is 3.33. The van der Waals surface area contributed by atoms with Gasteiger partial charge in [-0.15, -0.1) is 0 Å². The van der Waals surface area contributed by atoms with E-state index in [1.807, 2.05) is 31.2 Å². The summed E-state index contributed by atoms with van der Waals surface area (Å²) in [4.78, 5) is 34.3. The van der Waals surface area contributed by atoms with Gasteiger partial charge >= 0.3 is 0 Å². The molecule has 1 aliphatic rings. The second-order valence-electron chi connectivity index (χ2n) is 9.14. The number of rotatable bonds is 13. The van der Waals surface area contributed by atoms with Crippen LogP contribution >= 0.6 is 11.6 Å². The molecule has 0 heterocycles. The molecule has 0 aromatic heterocycles. The molecule has 208 valence electrons. The smallest absolute Gasteiger partial charge is 0.239 e. The maximum absolute atomic E-state index is 13.7. The molecule has 2 aromatic carbocycles. The lowest BCUT2D eigenvalue weighted by Crippen LogP contribution is -2.45. The predicted molar refractivity (Wildman–Crippen MR) is 147 cm³/mol. The van der Waals surface area contributed by atoms with Gasteiger partial charge in [-0.3, -0.25) is 14.4 Å². The van der Waals surface area contributed by atoms with Crippen LogP contribution in [0, 0.1) is 18.7 Å². The van der Waals surface area contributed by atoms with Crippen LogP contribution < -0.4 is 26.0 Å². The van der Waals surface area contributed by atoms with E-state index in [0.717, 1.165) is 23.4 Å². The Bertz CT molecular complexity index is 1030. The van der Waals surface area contributed by atoms with Crippen LogP contribution in [0.15, 0.2) is 42.5 Å². The van der Waals surface area contributed by atoms with Crippen molar-refractivity contribution in [1.29, 1.82) is 0 Å². The Kier molecular flexibility index (Phi) is 13.6. The fourth-order valence-electron chi connectivity index (χ4n) is 3.61. The van der Waals surface area contributed by atoms with Crippen molar-refractivity contribution >= 4 is 29.3 Å². The third kappa shape index (κ3) is 12.4. The lowest BCUT2D eigenvalue weighted by Gasteiger charge is -2.17. The summed E-state index contributed by atoms with van der Waals surface area (Å²) in [5.41, 5.74) is 2.09. The number of aryl methyl sites for hydroxylation is 2. The number of carbonyl (C=O) groups is 3. The second kappa shape index (κ2) is 16.6.